The molecule has 0 unspecified atom stereocenters. The number of hydrogen-bond donors (Lipinski definition) is 1. The molecule has 6 nitrogen and oxygen atoms in total. The smallest absolute Gasteiger partial charge is 0.410 e. The molecule has 21 heavy (non-hydrogen) atoms. The summed E-state index contributed by atoms with van der Waals surface area (Å²) in [7, 11) is 0. The molecule has 0 aliphatic carbocycles. The first-order chi connectivity index (χ1) is 9.94. The first kappa shape index (κ1) is 16.5. The van der Waals surface area contributed by atoms with Crippen LogP contribution in [0.3, 0.4) is 0 Å². The fourth-order valence-corrected chi connectivity index (χ4v) is 2.44. The van der Waals surface area contributed by atoms with Crippen LogP contribution in [-0.2, 0) is 9.47 Å². The third kappa shape index (κ3) is 5.80. The Morgan fingerprint density at radius 1 is 1.24 bits per heavy atom. The molecule has 6 heteroatoms. The lowest BCUT2D eigenvalue weighted by Crippen LogP contribution is -2.50. The number of ether oxygens (including phenoxy) is 2. The molecule has 0 aromatic heterocycles. The lowest BCUT2D eigenvalue weighted by atomic mass is 10.2. The zero-order valence-corrected chi connectivity index (χ0v) is 13.6. The predicted molar refractivity (Wildman–Crippen MR) is 81.5 cm³/mol. The molecule has 2 fully saturated rings. The first-order valence-corrected chi connectivity index (χ1v) is 7.95. The number of carbonyl (C=O) groups excluding carboxylic acids is 1. The van der Waals surface area contributed by atoms with Gasteiger partial charge in [-0.15, -0.1) is 0 Å². The molecule has 0 bridgehead atoms. The molecule has 2 aliphatic rings. The SMILES string of the molecule is CC(C)(C)OC(=O)N1CCN(CCCNC2COC2)CC1. The van der Waals surface area contributed by atoms with Gasteiger partial charge in [0.25, 0.3) is 0 Å². The summed E-state index contributed by atoms with van der Waals surface area (Å²) in [5.74, 6) is 0. The van der Waals surface area contributed by atoms with Crippen molar-refractivity contribution < 1.29 is 14.3 Å². The average Bonchev–Trinajstić information content (AvgIpc) is 2.35. The normalized spacial score (nSPS) is 21.2. The highest BCUT2D eigenvalue weighted by Gasteiger charge is 2.25. The molecule has 2 saturated heterocycles. The molecule has 1 amide bonds. The van der Waals surface area contributed by atoms with Crippen LogP contribution in [0.25, 0.3) is 0 Å². The second kappa shape index (κ2) is 7.42. The van der Waals surface area contributed by atoms with E-state index in [1.807, 2.05) is 25.7 Å². The van der Waals surface area contributed by atoms with Crippen LogP contribution in [-0.4, -0.2) is 80.0 Å². The van der Waals surface area contributed by atoms with Crippen molar-refractivity contribution in [2.75, 3.05) is 52.5 Å². The Labute approximate surface area is 127 Å². The Morgan fingerprint density at radius 2 is 1.90 bits per heavy atom. The second-order valence-electron chi connectivity index (χ2n) is 6.85. The first-order valence-electron chi connectivity index (χ1n) is 7.95. The Balaban J connectivity index is 1.56. The molecule has 0 saturated carbocycles. The van der Waals surface area contributed by atoms with E-state index < -0.39 is 5.60 Å². The van der Waals surface area contributed by atoms with Gasteiger partial charge in [-0.2, -0.15) is 0 Å². The van der Waals surface area contributed by atoms with E-state index in [-0.39, 0.29) is 6.09 Å². The maximum absolute atomic E-state index is 12.0. The van der Waals surface area contributed by atoms with Crippen molar-refractivity contribution in [3.8, 4) is 0 Å². The third-order valence-electron chi connectivity index (χ3n) is 3.75. The van der Waals surface area contributed by atoms with Gasteiger partial charge in [0.05, 0.1) is 19.3 Å². The van der Waals surface area contributed by atoms with Crippen molar-refractivity contribution >= 4 is 6.09 Å². The van der Waals surface area contributed by atoms with Gasteiger partial charge in [0, 0.05) is 26.2 Å². The molecule has 0 spiro atoms. The number of amides is 1. The number of hydrogen-bond acceptors (Lipinski definition) is 5. The van der Waals surface area contributed by atoms with Crippen LogP contribution in [0.4, 0.5) is 4.79 Å². The summed E-state index contributed by atoms with van der Waals surface area (Å²) in [5.41, 5.74) is -0.412. The molecule has 0 aromatic rings. The van der Waals surface area contributed by atoms with Crippen molar-refractivity contribution in [1.29, 1.82) is 0 Å². The largest absolute Gasteiger partial charge is 0.444 e. The van der Waals surface area contributed by atoms with Crippen LogP contribution in [0.15, 0.2) is 0 Å². The van der Waals surface area contributed by atoms with E-state index in [9.17, 15) is 4.79 Å². The van der Waals surface area contributed by atoms with Gasteiger partial charge in [-0.1, -0.05) is 0 Å². The third-order valence-corrected chi connectivity index (χ3v) is 3.75. The molecular formula is C15H29N3O3. The van der Waals surface area contributed by atoms with Crippen molar-refractivity contribution in [2.24, 2.45) is 0 Å². The molecule has 0 aromatic carbocycles. The van der Waals surface area contributed by atoms with Crippen LogP contribution < -0.4 is 5.32 Å². The van der Waals surface area contributed by atoms with Crippen molar-refractivity contribution in [1.82, 2.24) is 15.1 Å². The van der Waals surface area contributed by atoms with E-state index >= 15 is 0 Å². The van der Waals surface area contributed by atoms with Gasteiger partial charge in [0.15, 0.2) is 0 Å². The van der Waals surface area contributed by atoms with Crippen molar-refractivity contribution in [3.05, 3.63) is 0 Å². The second-order valence-corrected chi connectivity index (χ2v) is 6.85. The quantitative estimate of drug-likeness (QED) is 0.765. The van der Waals surface area contributed by atoms with Gasteiger partial charge >= 0.3 is 6.09 Å². The van der Waals surface area contributed by atoms with Gasteiger partial charge in [-0.25, -0.2) is 4.79 Å². The van der Waals surface area contributed by atoms with Crippen LogP contribution in [0.1, 0.15) is 27.2 Å². The Hall–Kier alpha value is -0.850. The fourth-order valence-electron chi connectivity index (χ4n) is 2.44. The molecule has 0 atom stereocenters. The van der Waals surface area contributed by atoms with Gasteiger partial charge in [0.1, 0.15) is 5.60 Å². The molecular weight excluding hydrogens is 270 g/mol. The van der Waals surface area contributed by atoms with Gasteiger partial charge in [-0.3, -0.25) is 4.90 Å². The summed E-state index contributed by atoms with van der Waals surface area (Å²) in [6, 6.07) is 0.564. The standard InChI is InChI=1S/C15H29N3O3/c1-15(2,3)21-14(19)18-9-7-17(8-10-18)6-4-5-16-13-11-20-12-13/h13,16H,4-12H2,1-3H3. The van der Waals surface area contributed by atoms with Gasteiger partial charge < -0.3 is 19.7 Å². The minimum absolute atomic E-state index is 0.186. The van der Waals surface area contributed by atoms with E-state index in [1.54, 1.807) is 0 Å². The maximum atomic E-state index is 12.0. The van der Waals surface area contributed by atoms with Crippen LogP contribution in [0.2, 0.25) is 0 Å². The molecule has 2 heterocycles. The van der Waals surface area contributed by atoms with Crippen molar-refractivity contribution in [3.63, 3.8) is 0 Å². The average molecular weight is 299 g/mol. The number of piperazine rings is 1. The van der Waals surface area contributed by atoms with Crippen LogP contribution in [0, 0.1) is 0 Å². The Bertz CT molecular complexity index is 332. The number of carbonyl (C=O) groups is 1. The fraction of sp³-hybridized carbons (Fsp3) is 0.933. The summed E-state index contributed by atoms with van der Waals surface area (Å²) in [5, 5.41) is 3.48. The molecule has 122 valence electrons. The minimum atomic E-state index is -0.412. The summed E-state index contributed by atoms with van der Waals surface area (Å²) in [6.45, 7) is 12.9. The Kier molecular flexibility index (Phi) is 5.84. The van der Waals surface area contributed by atoms with E-state index in [0.717, 1.165) is 58.9 Å². The van der Waals surface area contributed by atoms with Gasteiger partial charge in [-0.05, 0) is 40.3 Å². The zero-order chi connectivity index (χ0) is 15.3. The van der Waals surface area contributed by atoms with Crippen LogP contribution >= 0.6 is 0 Å². The highest BCUT2D eigenvalue weighted by Crippen LogP contribution is 2.12. The predicted octanol–water partition coefficient (Wildman–Crippen LogP) is 0.918. The number of nitrogens with zero attached hydrogens (tertiary/aromatic N) is 2. The summed E-state index contributed by atoms with van der Waals surface area (Å²) >= 11 is 0. The summed E-state index contributed by atoms with van der Waals surface area (Å²) in [4.78, 5) is 16.2. The van der Waals surface area contributed by atoms with E-state index in [2.05, 4.69) is 10.2 Å². The van der Waals surface area contributed by atoms with E-state index in [4.69, 9.17) is 9.47 Å². The van der Waals surface area contributed by atoms with Crippen molar-refractivity contribution in [2.45, 2.75) is 38.8 Å². The Morgan fingerprint density at radius 3 is 2.43 bits per heavy atom. The number of rotatable bonds is 5. The monoisotopic (exact) mass is 299 g/mol. The lowest BCUT2D eigenvalue weighted by Gasteiger charge is -2.35. The summed E-state index contributed by atoms with van der Waals surface area (Å²) < 4.78 is 10.5. The van der Waals surface area contributed by atoms with E-state index in [1.165, 1.54) is 0 Å². The summed E-state index contributed by atoms with van der Waals surface area (Å²) in [6.07, 6.45) is 0.956. The number of nitrogens with one attached hydrogen (secondary N) is 1. The highest BCUT2D eigenvalue weighted by atomic mass is 16.6. The highest BCUT2D eigenvalue weighted by molar-refractivity contribution is 5.68. The maximum Gasteiger partial charge on any atom is 0.410 e. The zero-order valence-electron chi connectivity index (χ0n) is 13.6. The molecule has 1 N–H and O–H groups in total. The van der Waals surface area contributed by atoms with Crippen LogP contribution in [0.5, 0.6) is 0 Å². The lowest BCUT2D eigenvalue weighted by molar-refractivity contribution is -0.00543. The topological polar surface area (TPSA) is 54.0 Å². The minimum Gasteiger partial charge on any atom is -0.444 e. The van der Waals surface area contributed by atoms with E-state index in [0.29, 0.717) is 6.04 Å². The van der Waals surface area contributed by atoms with Gasteiger partial charge in [0.2, 0.25) is 0 Å². The molecule has 0 radical (unpaired) electrons. The molecule has 2 rings (SSSR count). The molecule has 2 aliphatic heterocycles.